The molecular weight excluding hydrogens is 370 g/mol. The molecule has 6 heteroatoms. The van der Waals surface area contributed by atoms with Crippen molar-refractivity contribution < 1.29 is 24.1 Å². The van der Waals surface area contributed by atoms with Gasteiger partial charge in [-0.15, -0.1) is 0 Å². The molecule has 0 fully saturated rings. The average molecular weight is 389 g/mol. The van der Waals surface area contributed by atoms with Gasteiger partial charge in [0.15, 0.2) is 11.5 Å². The van der Waals surface area contributed by atoms with Crippen molar-refractivity contribution in [2.45, 2.75) is 13.2 Å². The first-order valence-electron chi connectivity index (χ1n) is 9.36. The molecule has 0 unspecified atom stereocenters. The predicted molar refractivity (Wildman–Crippen MR) is 107 cm³/mol. The van der Waals surface area contributed by atoms with Gasteiger partial charge in [-0.3, -0.25) is 4.79 Å². The maximum absolute atomic E-state index is 12.7. The molecule has 0 aromatic heterocycles. The zero-order valence-electron chi connectivity index (χ0n) is 15.6. The summed E-state index contributed by atoms with van der Waals surface area (Å²) in [6, 6.07) is 18.7. The molecule has 5 rings (SSSR count). The van der Waals surface area contributed by atoms with E-state index in [-0.39, 0.29) is 25.1 Å². The molecule has 0 atom stereocenters. The molecule has 1 amide bonds. The maximum Gasteiger partial charge on any atom is 0.253 e. The van der Waals surface area contributed by atoms with Gasteiger partial charge in [-0.05, 0) is 53.1 Å². The van der Waals surface area contributed by atoms with Gasteiger partial charge in [-0.2, -0.15) is 0 Å². The molecule has 0 radical (unpaired) electrons. The van der Waals surface area contributed by atoms with E-state index in [1.54, 1.807) is 17.0 Å². The average Bonchev–Trinajstić information content (AvgIpc) is 3.14. The van der Waals surface area contributed by atoms with E-state index in [2.05, 4.69) is 0 Å². The Labute approximate surface area is 167 Å². The lowest BCUT2D eigenvalue weighted by atomic mass is 10.0. The highest BCUT2D eigenvalue weighted by atomic mass is 16.7. The first kappa shape index (κ1) is 17.6. The number of phenols is 1. The van der Waals surface area contributed by atoms with Crippen LogP contribution in [0.3, 0.4) is 0 Å². The van der Waals surface area contributed by atoms with Gasteiger partial charge < -0.3 is 24.2 Å². The number of ether oxygens (including phenoxy) is 3. The van der Waals surface area contributed by atoms with E-state index < -0.39 is 0 Å². The highest BCUT2D eigenvalue weighted by molar-refractivity contribution is 5.96. The number of benzene rings is 3. The van der Waals surface area contributed by atoms with Gasteiger partial charge >= 0.3 is 0 Å². The zero-order chi connectivity index (χ0) is 19.8. The lowest BCUT2D eigenvalue weighted by molar-refractivity contribution is -0.123. The standard InChI is InChI=1S/C23H19NO5/c25-19-3-1-2-16(10-19)17-5-6-20-18(9-17)12-27-13-23(26)24(20)11-15-4-7-21-22(8-15)29-14-28-21/h1-10,25H,11-14H2. The van der Waals surface area contributed by atoms with Crippen LogP contribution < -0.4 is 14.4 Å². The molecule has 0 saturated carbocycles. The molecular formula is C23H19NO5. The second kappa shape index (κ2) is 7.14. The Morgan fingerprint density at radius 2 is 1.76 bits per heavy atom. The van der Waals surface area contributed by atoms with E-state index in [9.17, 15) is 9.90 Å². The number of hydrogen-bond acceptors (Lipinski definition) is 5. The monoisotopic (exact) mass is 389 g/mol. The Balaban J connectivity index is 1.49. The number of fused-ring (bicyclic) bond motifs is 2. The van der Waals surface area contributed by atoms with Gasteiger partial charge in [0, 0.05) is 11.3 Å². The summed E-state index contributed by atoms with van der Waals surface area (Å²) in [6.45, 7) is 1.01. The zero-order valence-corrected chi connectivity index (χ0v) is 15.6. The minimum Gasteiger partial charge on any atom is -0.508 e. The quantitative estimate of drug-likeness (QED) is 0.737. The van der Waals surface area contributed by atoms with Crippen molar-refractivity contribution in [2.75, 3.05) is 18.3 Å². The largest absolute Gasteiger partial charge is 0.508 e. The second-order valence-corrected chi connectivity index (χ2v) is 7.05. The first-order chi connectivity index (χ1) is 14.2. The van der Waals surface area contributed by atoms with Crippen molar-refractivity contribution >= 4 is 11.6 Å². The molecule has 0 saturated heterocycles. The molecule has 6 nitrogen and oxygen atoms in total. The third-order valence-corrected chi connectivity index (χ3v) is 5.11. The van der Waals surface area contributed by atoms with Crippen LogP contribution in [-0.2, 0) is 22.7 Å². The van der Waals surface area contributed by atoms with E-state index in [1.807, 2.05) is 48.5 Å². The Morgan fingerprint density at radius 3 is 2.66 bits per heavy atom. The summed E-state index contributed by atoms with van der Waals surface area (Å²) < 4.78 is 16.4. The molecule has 146 valence electrons. The molecule has 1 N–H and O–H groups in total. The fourth-order valence-corrected chi connectivity index (χ4v) is 3.69. The number of amides is 1. The van der Waals surface area contributed by atoms with Gasteiger partial charge in [-0.25, -0.2) is 0 Å². The summed E-state index contributed by atoms with van der Waals surface area (Å²) in [6.07, 6.45) is 0. The van der Waals surface area contributed by atoms with Crippen LogP contribution >= 0.6 is 0 Å². The van der Waals surface area contributed by atoms with Gasteiger partial charge in [0.25, 0.3) is 5.91 Å². The van der Waals surface area contributed by atoms with E-state index in [4.69, 9.17) is 14.2 Å². The molecule has 0 spiro atoms. The van der Waals surface area contributed by atoms with Crippen LogP contribution in [0.1, 0.15) is 11.1 Å². The van der Waals surface area contributed by atoms with Crippen molar-refractivity contribution in [1.29, 1.82) is 0 Å². The van der Waals surface area contributed by atoms with Crippen LogP contribution in [0.4, 0.5) is 5.69 Å². The third kappa shape index (κ3) is 3.39. The molecule has 0 aliphatic carbocycles. The van der Waals surface area contributed by atoms with Gasteiger partial charge in [-0.1, -0.05) is 24.3 Å². The van der Waals surface area contributed by atoms with Crippen molar-refractivity contribution in [2.24, 2.45) is 0 Å². The van der Waals surface area contributed by atoms with E-state index in [0.29, 0.717) is 18.9 Å². The van der Waals surface area contributed by atoms with Crippen molar-refractivity contribution in [3.63, 3.8) is 0 Å². The van der Waals surface area contributed by atoms with Gasteiger partial charge in [0.1, 0.15) is 12.4 Å². The number of rotatable bonds is 3. The number of carbonyl (C=O) groups excluding carboxylic acids is 1. The minimum atomic E-state index is -0.0912. The fraction of sp³-hybridized carbons (Fsp3) is 0.174. The van der Waals surface area contributed by atoms with Crippen molar-refractivity contribution in [3.05, 3.63) is 71.8 Å². The summed E-state index contributed by atoms with van der Waals surface area (Å²) in [7, 11) is 0. The maximum atomic E-state index is 12.7. The molecule has 3 aromatic rings. The molecule has 3 aromatic carbocycles. The van der Waals surface area contributed by atoms with Crippen molar-refractivity contribution in [1.82, 2.24) is 0 Å². The number of hydrogen-bond donors (Lipinski definition) is 1. The molecule has 2 aliphatic heterocycles. The number of anilines is 1. The number of phenolic OH excluding ortho intramolecular Hbond substituents is 1. The normalized spacial score (nSPS) is 15.2. The van der Waals surface area contributed by atoms with Crippen LogP contribution in [-0.4, -0.2) is 24.4 Å². The van der Waals surface area contributed by atoms with Gasteiger partial charge in [0.2, 0.25) is 6.79 Å². The van der Waals surface area contributed by atoms with Crippen LogP contribution in [0, 0.1) is 0 Å². The number of aromatic hydroxyl groups is 1. The van der Waals surface area contributed by atoms with Gasteiger partial charge in [0.05, 0.1) is 13.2 Å². The van der Waals surface area contributed by atoms with Crippen molar-refractivity contribution in [3.8, 4) is 28.4 Å². The lowest BCUT2D eigenvalue weighted by Gasteiger charge is -2.23. The highest BCUT2D eigenvalue weighted by Gasteiger charge is 2.24. The summed E-state index contributed by atoms with van der Waals surface area (Å²) in [4.78, 5) is 14.5. The second-order valence-electron chi connectivity index (χ2n) is 7.05. The smallest absolute Gasteiger partial charge is 0.253 e. The fourth-order valence-electron chi connectivity index (χ4n) is 3.69. The Bertz CT molecular complexity index is 1090. The molecule has 0 bridgehead atoms. The first-order valence-corrected chi connectivity index (χ1v) is 9.36. The number of nitrogens with zero attached hydrogens (tertiary/aromatic N) is 1. The Hall–Kier alpha value is -3.51. The van der Waals surface area contributed by atoms with Crippen LogP contribution in [0.2, 0.25) is 0 Å². The third-order valence-electron chi connectivity index (χ3n) is 5.11. The Morgan fingerprint density at radius 1 is 0.897 bits per heavy atom. The summed E-state index contributed by atoms with van der Waals surface area (Å²) in [5.41, 5.74) is 4.57. The molecule has 2 aliphatic rings. The molecule has 29 heavy (non-hydrogen) atoms. The van der Waals surface area contributed by atoms with Crippen LogP contribution in [0.5, 0.6) is 17.2 Å². The van der Waals surface area contributed by atoms with E-state index in [1.165, 1.54) is 0 Å². The van der Waals surface area contributed by atoms with Crippen LogP contribution in [0.25, 0.3) is 11.1 Å². The molecule has 2 heterocycles. The SMILES string of the molecule is O=C1COCc2cc(-c3cccc(O)c3)ccc2N1Cc1ccc2c(c1)OCO2. The predicted octanol–water partition coefficient (Wildman–Crippen LogP) is 3.85. The van der Waals surface area contributed by atoms with E-state index in [0.717, 1.165) is 33.7 Å². The van der Waals surface area contributed by atoms with E-state index >= 15 is 0 Å². The summed E-state index contributed by atoms with van der Waals surface area (Å²) >= 11 is 0. The summed E-state index contributed by atoms with van der Waals surface area (Å²) in [5.74, 6) is 1.54. The summed E-state index contributed by atoms with van der Waals surface area (Å²) in [5, 5.41) is 9.77. The minimum absolute atomic E-state index is 0.0285. The van der Waals surface area contributed by atoms with Crippen LogP contribution in [0.15, 0.2) is 60.7 Å². The number of carbonyl (C=O) groups is 1. The topological polar surface area (TPSA) is 68.2 Å². The Kier molecular flexibility index (Phi) is 4.33. The highest BCUT2D eigenvalue weighted by Crippen LogP contribution is 2.35. The lowest BCUT2D eigenvalue weighted by Crippen LogP contribution is -2.32.